The zero-order valence-corrected chi connectivity index (χ0v) is 16.6. The number of nitrogens with zero attached hydrogens (tertiary/aromatic N) is 2. The smallest absolute Gasteiger partial charge is 0.197 e. The van der Waals surface area contributed by atoms with Crippen LogP contribution in [0.5, 0.6) is 0 Å². The van der Waals surface area contributed by atoms with Crippen molar-refractivity contribution >= 4 is 52.1 Å². The maximum absolute atomic E-state index is 12.9. The van der Waals surface area contributed by atoms with Gasteiger partial charge in [-0.25, -0.2) is 0 Å². The first-order chi connectivity index (χ1) is 13.5. The first kappa shape index (κ1) is 20.2. The molecular weight excluding hydrogens is 419 g/mol. The summed E-state index contributed by atoms with van der Waals surface area (Å²) in [5.74, 6) is -0.927. The van der Waals surface area contributed by atoms with Gasteiger partial charge >= 0.3 is 0 Å². The van der Waals surface area contributed by atoms with Crippen LogP contribution >= 0.6 is 34.8 Å². The molecule has 0 radical (unpaired) electrons. The molecule has 0 spiro atoms. The van der Waals surface area contributed by atoms with E-state index in [0.717, 1.165) is 0 Å². The summed E-state index contributed by atoms with van der Waals surface area (Å²) in [4.78, 5) is 25.9. The van der Waals surface area contributed by atoms with Gasteiger partial charge in [-0.3, -0.25) is 9.59 Å². The Bertz CT molecular complexity index is 987. The van der Waals surface area contributed by atoms with Crippen LogP contribution in [-0.4, -0.2) is 17.6 Å². The topological polar surface area (TPSA) is 58.9 Å². The summed E-state index contributed by atoms with van der Waals surface area (Å²) >= 11 is 18.1. The quantitative estimate of drug-likeness (QED) is 0.185. The van der Waals surface area contributed by atoms with E-state index in [4.69, 9.17) is 34.8 Å². The van der Waals surface area contributed by atoms with E-state index in [1.165, 1.54) is 12.1 Å². The molecule has 0 unspecified atom stereocenters. The fourth-order valence-electron chi connectivity index (χ4n) is 2.46. The Kier molecular flexibility index (Phi) is 6.57. The van der Waals surface area contributed by atoms with Crippen LogP contribution in [0.4, 0.5) is 5.69 Å². The van der Waals surface area contributed by atoms with E-state index < -0.39 is 17.6 Å². The fraction of sp³-hybridized carbons (Fsp3) is 0.0476. The molecule has 0 fully saturated rings. The molecule has 28 heavy (non-hydrogen) atoms. The maximum Gasteiger partial charge on any atom is 0.197 e. The highest BCUT2D eigenvalue weighted by Crippen LogP contribution is 2.37. The van der Waals surface area contributed by atoms with E-state index >= 15 is 0 Å². The van der Waals surface area contributed by atoms with E-state index in [1.807, 2.05) is 0 Å². The highest BCUT2D eigenvalue weighted by atomic mass is 35.5. The Hall–Kier alpha value is -2.53. The van der Waals surface area contributed by atoms with Gasteiger partial charge in [0.25, 0.3) is 0 Å². The molecule has 7 heteroatoms. The highest BCUT2D eigenvalue weighted by Gasteiger charge is 2.28. The van der Waals surface area contributed by atoms with Gasteiger partial charge in [-0.05, 0) is 12.1 Å². The van der Waals surface area contributed by atoms with E-state index in [1.54, 1.807) is 60.7 Å². The fourth-order valence-corrected chi connectivity index (χ4v) is 3.03. The Labute approximate surface area is 176 Å². The number of rotatable bonds is 6. The van der Waals surface area contributed by atoms with Crippen molar-refractivity contribution < 1.29 is 9.59 Å². The third-order valence-electron chi connectivity index (χ3n) is 3.91. The molecule has 4 nitrogen and oxygen atoms in total. The van der Waals surface area contributed by atoms with Gasteiger partial charge in [-0.2, -0.15) is 10.2 Å². The average Bonchev–Trinajstić information content (AvgIpc) is 2.74. The zero-order valence-electron chi connectivity index (χ0n) is 14.4. The molecule has 3 aromatic carbocycles. The summed E-state index contributed by atoms with van der Waals surface area (Å²) in [5.41, 5.74) is 0.926. The molecular formula is C21H13Cl3N2O2. The SMILES string of the molecule is O=C(c1ccccc1)C(N=Nc1ccc(Cl)c(Cl)c1Cl)C(=O)c1ccccc1. The Morgan fingerprint density at radius 2 is 1.18 bits per heavy atom. The van der Waals surface area contributed by atoms with Gasteiger partial charge in [0.05, 0.1) is 15.1 Å². The summed E-state index contributed by atoms with van der Waals surface area (Å²) in [5, 5.41) is 8.51. The van der Waals surface area contributed by atoms with Crippen LogP contribution in [0.2, 0.25) is 15.1 Å². The molecule has 0 aliphatic rings. The largest absolute Gasteiger partial charge is 0.291 e. The van der Waals surface area contributed by atoms with Crippen LogP contribution in [-0.2, 0) is 0 Å². The summed E-state index contributed by atoms with van der Waals surface area (Å²) in [6.07, 6.45) is 0. The zero-order chi connectivity index (χ0) is 20.1. The number of Topliss-reactive ketones (excluding diaryl/α,β-unsaturated/α-hetero) is 2. The molecule has 0 bridgehead atoms. The van der Waals surface area contributed by atoms with Gasteiger partial charge in [0.2, 0.25) is 0 Å². The van der Waals surface area contributed by atoms with Gasteiger partial charge in [-0.15, -0.1) is 0 Å². The monoisotopic (exact) mass is 430 g/mol. The first-order valence-electron chi connectivity index (χ1n) is 8.22. The summed E-state index contributed by atoms with van der Waals surface area (Å²) < 4.78 is 0. The second-order valence-corrected chi connectivity index (χ2v) is 6.94. The molecule has 0 atom stereocenters. The third-order valence-corrected chi connectivity index (χ3v) is 5.19. The lowest BCUT2D eigenvalue weighted by atomic mass is 9.97. The van der Waals surface area contributed by atoms with Crippen molar-refractivity contribution in [1.82, 2.24) is 0 Å². The molecule has 3 rings (SSSR count). The lowest BCUT2D eigenvalue weighted by Gasteiger charge is -2.10. The minimum absolute atomic E-state index is 0.0935. The predicted octanol–water partition coefficient (Wildman–Crippen LogP) is 6.86. The number of carbonyl (C=O) groups excluding carboxylic acids is 2. The molecule has 0 saturated heterocycles. The van der Waals surface area contributed by atoms with E-state index in [9.17, 15) is 9.59 Å². The van der Waals surface area contributed by atoms with Gasteiger partial charge in [0, 0.05) is 11.1 Å². The minimum atomic E-state index is -1.35. The normalized spacial score (nSPS) is 11.1. The van der Waals surface area contributed by atoms with Crippen LogP contribution in [0.3, 0.4) is 0 Å². The Morgan fingerprint density at radius 1 is 0.679 bits per heavy atom. The lowest BCUT2D eigenvalue weighted by molar-refractivity contribution is 0.0861. The van der Waals surface area contributed by atoms with Crippen molar-refractivity contribution in [3.8, 4) is 0 Å². The number of azo groups is 1. The molecule has 0 heterocycles. The molecule has 0 aromatic heterocycles. The van der Waals surface area contributed by atoms with Crippen LogP contribution in [0.25, 0.3) is 0 Å². The number of halogens is 3. The van der Waals surface area contributed by atoms with Crippen LogP contribution < -0.4 is 0 Å². The minimum Gasteiger partial charge on any atom is -0.291 e. The van der Waals surface area contributed by atoms with Gasteiger partial charge in [0.15, 0.2) is 17.6 Å². The van der Waals surface area contributed by atoms with Gasteiger partial charge < -0.3 is 0 Å². The van der Waals surface area contributed by atoms with Crippen LogP contribution in [0.15, 0.2) is 83.0 Å². The number of hydrogen-bond donors (Lipinski definition) is 0. The van der Waals surface area contributed by atoms with Crippen molar-refractivity contribution in [3.63, 3.8) is 0 Å². The summed E-state index contributed by atoms with van der Waals surface area (Å²) in [6.45, 7) is 0. The molecule has 140 valence electrons. The van der Waals surface area contributed by atoms with Crippen LogP contribution in [0, 0.1) is 0 Å². The molecule has 0 aliphatic carbocycles. The van der Waals surface area contributed by atoms with E-state index in [-0.39, 0.29) is 20.8 Å². The summed E-state index contributed by atoms with van der Waals surface area (Å²) in [6, 6.07) is 18.6. The van der Waals surface area contributed by atoms with Gasteiger partial charge in [-0.1, -0.05) is 95.5 Å². The predicted molar refractivity (Wildman–Crippen MR) is 111 cm³/mol. The molecule has 3 aromatic rings. The molecule has 0 N–H and O–H groups in total. The molecule has 0 saturated carbocycles. The van der Waals surface area contributed by atoms with Crippen molar-refractivity contribution in [2.75, 3.05) is 0 Å². The van der Waals surface area contributed by atoms with E-state index in [0.29, 0.717) is 11.1 Å². The van der Waals surface area contributed by atoms with Crippen molar-refractivity contribution in [2.24, 2.45) is 10.2 Å². The average molecular weight is 432 g/mol. The maximum atomic E-state index is 12.9. The molecule has 0 aliphatic heterocycles. The van der Waals surface area contributed by atoms with Crippen molar-refractivity contribution in [3.05, 3.63) is 99.0 Å². The second-order valence-electron chi connectivity index (χ2n) is 5.77. The molecule has 0 amide bonds. The Balaban J connectivity index is 2.00. The van der Waals surface area contributed by atoms with Gasteiger partial charge in [0.1, 0.15) is 5.69 Å². The van der Waals surface area contributed by atoms with Crippen molar-refractivity contribution in [2.45, 2.75) is 6.04 Å². The Morgan fingerprint density at radius 3 is 1.68 bits per heavy atom. The third kappa shape index (κ3) is 4.47. The second kappa shape index (κ2) is 9.11. The first-order valence-corrected chi connectivity index (χ1v) is 9.35. The van der Waals surface area contributed by atoms with Crippen LogP contribution in [0.1, 0.15) is 20.7 Å². The number of hydrogen-bond acceptors (Lipinski definition) is 4. The summed E-state index contributed by atoms with van der Waals surface area (Å²) in [7, 11) is 0. The van der Waals surface area contributed by atoms with E-state index in [2.05, 4.69) is 10.2 Å². The standard InChI is InChI=1S/C21H13Cl3N2O2/c22-15-11-12-16(18(24)17(15)23)25-26-19(20(27)13-7-3-1-4-8-13)21(28)14-9-5-2-6-10-14/h1-12,19H. The number of benzene rings is 3. The number of carbonyl (C=O) groups is 2. The van der Waals surface area contributed by atoms with Crippen molar-refractivity contribution in [1.29, 1.82) is 0 Å². The number of ketones is 2. The highest BCUT2D eigenvalue weighted by molar-refractivity contribution is 6.49. The lowest BCUT2D eigenvalue weighted by Crippen LogP contribution is -2.28.